The number of nitro groups is 1. The maximum Gasteiger partial charge on any atom is 0.330 e. The highest BCUT2D eigenvalue weighted by Gasteiger charge is 2.18. The molecule has 92 valence electrons. The van der Waals surface area contributed by atoms with E-state index in [1.165, 1.54) is 18.3 Å². The van der Waals surface area contributed by atoms with Crippen LogP contribution < -0.4 is 10.1 Å². The topological polar surface area (TPSA) is 77.3 Å². The van der Waals surface area contributed by atoms with Crippen LogP contribution in [-0.2, 0) is 0 Å². The van der Waals surface area contributed by atoms with Crippen molar-refractivity contribution in [3.63, 3.8) is 0 Å². The van der Waals surface area contributed by atoms with E-state index in [2.05, 4.69) is 10.3 Å². The highest BCUT2D eigenvalue weighted by molar-refractivity contribution is 5.39. The summed E-state index contributed by atoms with van der Waals surface area (Å²) in [7, 11) is 0. The predicted molar refractivity (Wildman–Crippen MR) is 62.0 cm³/mol. The van der Waals surface area contributed by atoms with Crippen LogP contribution in [0.1, 0.15) is 12.8 Å². The second kappa shape index (κ2) is 5.58. The van der Waals surface area contributed by atoms with E-state index >= 15 is 0 Å². The largest absolute Gasteiger partial charge is 0.473 e. The summed E-state index contributed by atoms with van der Waals surface area (Å²) in [6.45, 7) is 2.47. The SMILES string of the molecule is O=[N+]([O-])c1cccnc1OCC1CCNCC1. The van der Waals surface area contributed by atoms with Gasteiger partial charge in [0, 0.05) is 12.3 Å². The van der Waals surface area contributed by atoms with Gasteiger partial charge in [-0.25, -0.2) is 4.98 Å². The van der Waals surface area contributed by atoms with Crippen LogP contribution in [0, 0.1) is 16.0 Å². The minimum Gasteiger partial charge on any atom is -0.473 e. The molecule has 1 N–H and O–H groups in total. The first kappa shape index (κ1) is 11.8. The molecule has 0 spiro atoms. The van der Waals surface area contributed by atoms with Crippen molar-refractivity contribution in [2.24, 2.45) is 5.92 Å². The van der Waals surface area contributed by atoms with Crippen LogP contribution in [0.4, 0.5) is 5.69 Å². The fourth-order valence-corrected chi connectivity index (χ4v) is 1.88. The maximum absolute atomic E-state index is 10.7. The summed E-state index contributed by atoms with van der Waals surface area (Å²) in [6.07, 6.45) is 3.59. The molecule has 0 saturated carbocycles. The average Bonchev–Trinajstić information content (AvgIpc) is 2.38. The monoisotopic (exact) mass is 237 g/mol. The minimum absolute atomic E-state index is 0.0681. The summed E-state index contributed by atoms with van der Waals surface area (Å²) in [5.74, 6) is 0.578. The highest BCUT2D eigenvalue weighted by Crippen LogP contribution is 2.24. The summed E-state index contributed by atoms with van der Waals surface area (Å²) >= 11 is 0. The van der Waals surface area contributed by atoms with Crippen molar-refractivity contribution in [3.05, 3.63) is 28.4 Å². The normalized spacial score (nSPS) is 16.7. The van der Waals surface area contributed by atoms with Gasteiger partial charge in [0.15, 0.2) is 0 Å². The summed E-state index contributed by atoms with van der Waals surface area (Å²) in [4.78, 5) is 14.2. The molecule has 0 amide bonds. The quantitative estimate of drug-likeness (QED) is 0.632. The van der Waals surface area contributed by atoms with Crippen molar-refractivity contribution < 1.29 is 9.66 Å². The van der Waals surface area contributed by atoms with Crippen molar-refractivity contribution in [1.82, 2.24) is 10.3 Å². The number of nitrogens with zero attached hydrogens (tertiary/aromatic N) is 2. The van der Waals surface area contributed by atoms with E-state index in [1.54, 1.807) is 0 Å². The lowest BCUT2D eigenvalue weighted by Crippen LogP contribution is -2.30. The lowest BCUT2D eigenvalue weighted by Gasteiger charge is -2.22. The maximum atomic E-state index is 10.7. The minimum atomic E-state index is -0.468. The van der Waals surface area contributed by atoms with Crippen LogP contribution in [0.5, 0.6) is 5.88 Å². The molecule has 0 atom stereocenters. The van der Waals surface area contributed by atoms with Gasteiger partial charge in [0.1, 0.15) is 0 Å². The van der Waals surface area contributed by atoms with Gasteiger partial charge in [-0.2, -0.15) is 0 Å². The lowest BCUT2D eigenvalue weighted by atomic mass is 9.99. The zero-order valence-electron chi connectivity index (χ0n) is 9.46. The van der Waals surface area contributed by atoms with Crippen LogP contribution >= 0.6 is 0 Å². The Morgan fingerprint density at radius 3 is 3.00 bits per heavy atom. The molecule has 1 aliphatic heterocycles. The van der Waals surface area contributed by atoms with Crippen molar-refractivity contribution in [2.45, 2.75) is 12.8 Å². The van der Waals surface area contributed by atoms with Gasteiger partial charge in [0.05, 0.1) is 11.5 Å². The average molecular weight is 237 g/mol. The van der Waals surface area contributed by atoms with Gasteiger partial charge in [-0.15, -0.1) is 0 Å². The number of piperidine rings is 1. The van der Waals surface area contributed by atoms with Gasteiger partial charge < -0.3 is 10.1 Å². The standard InChI is InChI=1S/C11H15N3O3/c15-14(16)10-2-1-5-13-11(10)17-8-9-3-6-12-7-4-9/h1-2,5,9,12H,3-4,6-8H2. The Kier molecular flexibility index (Phi) is 3.87. The third-order valence-corrected chi connectivity index (χ3v) is 2.86. The molecule has 2 rings (SSSR count). The number of rotatable bonds is 4. The zero-order chi connectivity index (χ0) is 12.1. The number of aromatic nitrogens is 1. The van der Waals surface area contributed by atoms with Gasteiger partial charge in [0.25, 0.3) is 5.88 Å². The molecule has 1 aromatic rings. The van der Waals surface area contributed by atoms with E-state index in [0.29, 0.717) is 12.5 Å². The molecule has 0 unspecified atom stereocenters. The Morgan fingerprint density at radius 1 is 1.53 bits per heavy atom. The molecule has 0 radical (unpaired) electrons. The molecule has 1 fully saturated rings. The first-order chi connectivity index (χ1) is 8.27. The molecule has 6 heteroatoms. The third-order valence-electron chi connectivity index (χ3n) is 2.86. The fourth-order valence-electron chi connectivity index (χ4n) is 1.88. The Balaban J connectivity index is 1.96. The molecule has 0 bridgehead atoms. The summed E-state index contributed by atoms with van der Waals surface area (Å²) < 4.78 is 5.46. The molecule has 0 aliphatic carbocycles. The number of ether oxygens (including phenoxy) is 1. The first-order valence-electron chi connectivity index (χ1n) is 5.70. The number of hydrogen-bond donors (Lipinski definition) is 1. The molecule has 2 heterocycles. The molecule has 6 nitrogen and oxygen atoms in total. The van der Waals surface area contributed by atoms with Gasteiger partial charge in [-0.1, -0.05) is 0 Å². The number of nitrogens with one attached hydrogen (secondary N) is 1. The highest BCUT2D eigenvalue weighted by atomic mass is 16.6. The molecular formula is C11H15N3O3. The van der Waals surface area contributed by atoms with Gasteiger partial charge in [0.2, 0.25) is 0 Å². The molecule has 1 aliphatic rings. The Hall–Kier alpha value is -1.69. The van der Waals surface area contributed by atoms with Crippen molar-refractivity contribution >= 4 is 5.69 Å². The number of pyridine rings is 1. The van der Waals surface area contributed by atoms with Crippen LogP contribution in [-0.4, -0.2) is 29.6 Å². The smallest absolute Gasteiger partial charge is 0.330 e. The van der Waals surface area contributed by atoms with Gasteiger partial charge >= 0.3 is 5.69 Å². The van der Waals surface area contributed by atoms with Gasteiger partial charge in [-0.3, -0.25) is 10.1 Å². The fraction of sp³-hybridized carbons (Fsp3) is 0.545. The van der Waals surface area contributed by atoms with E-state index in [1.807, 2.05) is 0 Å². The van der Waals surface area contributed by atoms with E-state index in [-0.39, 0.29) is 11.6 Å². The summed E-state index contributed by atoms with van der Waals surface area (Å²) in [5, 5.41) is 14.0. The first-order valence-corrected chi connectivity index (χ1v) is 5.70. The van der Waals surface area contributed by atoms with E-state index < -0.39 is 4.92 Å². The van der Waals surface area contributed by atoms with Crippen LogP contribution in [0.3, 0.4) is 0 Å². The third kappa shape index (κ3) is 3.13. The summed E-state index contributed by atoms with van der Waals surface area (Å²) in [5.41, 5.74) is -0.0681. The molecule has 0 aromatic carbocycles. The molecule has 17 heavy (non-hydrogen) atoms. The van der Waals surface area contributed by atoms with Crippen molar-refractivity contribution in [2.75, 3.05) is 19.7 Å². The van der Waals surface area contributed by atoms with E-state index in [9.17, 15) is 10.1 Å². The van der Waals surface area contributed by atoms with Crippen molar-refractivity contribution in [1.29, 1.82) is 0 Å². The Labute approximate surface area is 99.2 Å². The Morgan fingerprint density at radius 2 is 2.29 bits per heavy atom. The molecular weight excluding hydrogens is 222 g/mol. The van der Waals surface area contributed by atoms with Gasteiger partial charge in [-0.05, 0) is 37.9 Å². The van der Waals surface area contributed by atoms with E-state index in [4.69, 9.17) is 4.74 Å². The van der Waals surface area contributed by atoms with Crippen molar-refractivity contribution in [3.8, 4) is 5.88 Å². The summed E-state index contributed by atoms with van der Waals surface area (Å²) in [6, 6.07) is 2.94. The predicted octanol–water partition coefficient (Wildman–Crippen LogP) is 1.37. The van der Waals surface area contributed by atoms with Crippen LogP contribution in [0.2, 0.25) is 0 Å². The number of hydrogen-bond acceptors (Lipinski definition) is 5. The molecule has 1 aromatic heterocycles. The Bertz CT molecular complexity index is 391. The second-order valence-electron chi connectivity index (χ2n) is 4.09. The zero-order valence-corrected chi connectivity index (χ0v) is 9.46. The van der Waals surface area contributed by atoms with Crippen LogP contribution in [0.25, 0.3) is 0 Å². The van der Waals surface area contributed by atoms with E-state index in [0.717, 1.165) is 25.9 Å². The lowest BCUT2D eigenvalue weighted by molar-refractivity contribution is -0.386. The molecule has 1 saturated heterocycles. The van der Waals surface area contributed by atoms with Crippen LogP contribution in [0.15, 0.2) is 18.3 Å². The second-order valence-corrected chi connectivity index (χ2v) is 4.09.